The number of amides is 1. The molecule has 1 amide bonds. The van der Waals surface area contributed by atoms with Gasteiger partial charge < -0.3 is 24.7 Å². The molecule has 5 rings (SSSR count). The second kappa shape index (κ2) is 11.4. The molecule has 4 aromatic rings. The van der Waals surface area contributed by atoms with Crippen LogP contribution in [0.3, 0.4) is 0 Å². The van der Waals surface area contributed by atoms with Gasteiger partial charge in [0.2, 0.25) is 5.91 Å². The Balaban J connectivity index is 1.41. The molecule has 3 heterocycles. The number of rotatable bonds is 8. The number of carbonyl (C=O) groups excluding carboxylic acids is 2. The summed E-state index contributed by atoms with van der Waals surface area (Å²) < 4.78 is 25.1. The van der Waals surface area contributed by atoms with E-state index in [1.54, 1.807) is 36.5 Å². The molecular weight excluding hydrogens is 519 g/mol. The fourth-order valence-corrected chi connectivity index (χ4v) is 4.87. The lowest BCUT2D eigenvalue weighted by molar-refractivity contribution is -0.116. The standard InChI is InChI=1S/C29H25FN4O4S/c1-37-28(36)19-8-6-7-18(17-19)23-12-13-24(38-23)27-26(22-11-4-5-15-31-22)33-29(39)34(27)16-14-25(35)32-21-10-3-2-9-20(21)30/h2-13,15,17,26-27H,14,16H2,1H3,(H,32,35)(H,33,39)/t26-,27-/m1/s1. The van der Waals surface area contributed by atoms with Crippen LogP contribution in [0.15, 0.2) is 89.5 Å². The van der Waals surface area contributed by atoms with Crippen molar-refractivity contribution in [2.75, 3.05) is 19.0 Å². The lowest BCUT2D eigenvalue weighted by atomic mass is 10.0. The lowest BCUT2D eigenvalue weighted by Gasteiger charge is -2.25. The predicted molar refractivity (Wildman–Crippen MR) is 147 cm³/mol. The third kappa shape index (κ3) is 5.65. The van der Waals surface area contributed by atoms with E-state index in [-0.39, 0.29) is 30.6 Å². The van der Waals surface area contributed by atoms with Crippen LogP contribution in [-0.4, -0.2) is 40.5 Å². The molecule has 0 bridgehead atoms. The molecule has 2 N–H and O–H groups in total. The van der Waals surface area contributed by atoms with Crippen LogP contribution in [-0.2, 0) is 9.53 Å². The van der Waals surface area contributed by atoms with Crippen LogP contribution in [0.25, 0.3) is 11.3 Å². The summed E-state index contributed by atoms with van der Waals surface area (Å²) in [4.78, 5) is 31.1. The van der Waals surface area contributed by atoms with Gasteiger partial charge in [-0.2, -0.15) is 0 Å². The Morgan fingerprint density at radius 2 is 1.92 bits per heavy atom. The molecule has 1 fully saturated rings. The number of halogens is 1. The van der Waals surface area contributed by atoms with Crippen molar-refractivity contribution in [2.24, 2.45) is 0 Å². The van der Waals surface area contributed by atoms with Gasteiger partial charge in [-0.25, -0.2) is 9.18 Å². The molecule has 0 aliphatic carbocycles. The summed E-state index contributed by atoms with van der Waals surface area (Å²) in [5, 5.41) is 6.37. The molecular formula is C29H25FN4O4S. The molecule has 10 heteroatoms. The summed E-state index contributed by atoms with van der Waals surface area (Å²) in [7, 11) is 1.33. The first-order valence-corrected chi connectivity index (χ1v) is 12.7. The Hall–Kier alpha value is -4.57. The molecule has 0 unspecified atom stereocenters. The molecule has 198 valence electrons. The first kappa shape index (κ1) is 26.1. The van der Waals surface area contributed by atoms with Crippen molar-refractivity contribution in [1.82, 2.24) is 15.2 Å². The minimum Gasteiger partial charge on any atom is -0.465 e. The van der Waals surface area contributed by atoms with E-state index in [9.17, 15) is 14.0 Å². The van der Waals surface area contributed by atoms with Crippen molar-refractivity contribution in [2.45, 2.75) is 18.5 Å². The van der Waals surface area contributed by atoms with Crippen LogP contribution in [0.2, 0.25) is 0 Å². The molecule has 8 nitrogen and oxygen atoms in total. The Labute approximate surface area is 229 Å². The van der Waals surface area contributed by atoms with Crippen LogP contribution in [0, 0.1) is 5.82 Å². The highest BCUT2D eigenvalue weighted by atomic mass is 32.1. The summed E-state index contributed by atoms with van der Waals surface area (Å²) >= 11 is 5.66. The number of furan rings is 1. The number of ether oxygens (including phenoxy) is 1. The number of hydrogen-bond acceptors (Lipinski definition) is 6. The highest BCUT2D eigenvalue weighted by Gasteiger charge is 2.41. The Kier molecular flexibility index (Phi) is 7.64. The first-order valence-electron chi connectivity index (χ1n) is 12.3. The molecule has 1 aliphatic rings. The second-order valence-corrected chi connectivity index (χ2v) is 9.26. The number of benzene rings is 2. The van der Waals surface area contributed by atoms with Gasteiger partial charge in [0.05, 0.1) is 30.1 Å². The molecule has 2 aromatic heterocycles. The SMILES string of the molecule is COC(=O)c1cccc(-c2ccc([C@@H]3[C@@H](c4ccccn4)NC(=S)N3CCC(=O)Nc3ccccc3F)o2)c1. The molecule has 1 saturated heterocycles. The summed E-state index contributed by atoms with van der Waals surface area (Å²) in [6, 6.07) is 21.5. The molecule has 0 radical (unpaired) electrons. The quantitative estimate of drug-likeness (QED) is 0.229. The Morgan fingerprint density at radius 1 is 1.10 bits per heavy atom. The molecule has 2 aromatic carbocycles. The third-order valence-corrected chi connectivity index (χ3v) is 6.76. The average molecular weight is 545 g/mol. The zero-order chi connectivity index (χ0) is 27.4. The molecule has 39 heavy (non-hydrogen) atoms. The van der Waals surface area contributed by atoms with E-state index in [0.717, 1.165) is 5.69 Å². The van der Waals surface area contributed by atoms with Crippen molar-refractivity contribution in [3.63, 3.8) is 0 Å². The van der Waals surface area contributed by atoms with Gasteiger partial charge in [0.15, 0.2) is 5.11 Å². The molecule has 2 atom stereocenters. The van der Waals surface area contributed by atoms with E-state index < -0.39 is 17.8 Å². The number of para-hydroxylation sites is 1. The highest BCUT2D eigenvalue weighted by molar-refractivity contribution is 7.80. The second-order valence-electron chi connectivity index (χ2n) is 8.87. The topological polar surface area (TPSA) is 96.7 Å². The van der Waals surface area contributed by atoms with Gasteiger partial charge in [-0.15, -0.1) is 0 Å². The lowest BCUT2D eigenvalue weighted by Crippen LogP contribution is -2.32. The van der Waals surface area contributed by atoms with Crippen molar-refractivity contribution in [3.05, 3.63) is 108 Å². The maximum atomic E-state index is 14.0. The summed E-state index contributed by atoms with van der Waals surface area (Å²) in [5.41, 5.74) is 2.00. The first-order chi connectivity index (χ1) is 18.9. The van der Waals surface area contributed by atoms with Crippen molar-refractivity contribution < 1.29 is 23.1 Å². The summed E-state index contributed by atoms with van der Waals surface area (Å²) in [5.74, 6) is -0.125. The van der Waals surface area contributed by atoms with E-state index in [2.05, 4.69) is 15.6 Å². The normalized spacial score (nSPS) is 16.6. The monoisotopic (exact) mass is 544 g/mol. The third-order valence-electron chi connectivity index (χ3n) is 6.41. The van der Waals surface area contributed by atoms with Crippen molar-refractivity contribution in [1.29, 1.82) is 0 Å². The number of aromatic nitrogens is 1. The van der Waals surface area contributed by atoms with Gasteiger partial charge in [-0.3, -0.25) is 9.78 Å². The molecule has 0 saturated carbocycles. The maximum Gasteiger partial charge on any atom is 0.337 e. The summed E-state index contributed by atoms with van der Waals surface area (Å²) in [6.45, 7) is 0.258. The van der Waals surface area contributed by atoms with E-state index in [1.165, 1.54) is 19.2 Å². The maximum absolute atomic E-state index is 14.0. The van der Waals surface area contributed by atoms with Gasteiger partial charge in [0, 0.05) is 24.7 Å². The number of nitrogens with zero attached hydrogens (tertiary/aromatic N) is 2. The Morgan fingerprint density at radius 3 is 2.69 bits per heavy atom. The van der Waals surface area contributed by atoms with Gasteiger partial charge in [0.25, 0.3) is 0 Å². The number of methoxy groups -OCH3 is 1. The van der Waals surface area contributed by atoms with Gasteiger partial charge in [0.1, 0.15) is 23.4 Å². The van der Waals surface area contributed by atoms with E-state index >= 15 is 0 Å². The van der Waals surface area contributed by atoms with Crippen LogP contribution in [0.1, 0.15) is 40.3 Å². The van der Waals surface area contributed by atoms with Crippen LogP contribution < -0.4 is 10.6 Å². The number of esters is 1. The fourth-order valence-electron chi connectivity index (χ4n) is 4.54. The minimum atomic E-state index is -0.503. The minimum absolute atomic E-state index is 0.0658. The van der Waals surface area contributed by atoms with Crippen LogP contribution in [0.5, 0.6) is 0 Å². The van der Waals surface area contributed by atoms with Gasteiger partial charge in [-0.1, -0.05) is 30.3 Å². The van der Waals surface area contributed by atoms with Gasteiger partial charge >= 0.3 is 5.97 Å². The number of thiocarbonyl (C=S) groups is 1. The number of pyridine rings is 1. The van der Waals surface area contributed by atoms with Crippen LogP contribution >= 0.6 is 12.2 Å². The smallest absolute Gasteiger partial charge is 0.337 e. The molecule has 1 aliphatic heterocycles. The average Bonchev–Trinajstić information content (AvgIpc) is 3.58. The number of carbonyl (C=O) groups is 2. The van der Waals surface area contributed by atoms with E-state index in [4.69, 9.17) is 21.4 Å². The van der Waals surface area contributed by atoms with E-state index in [0.29, 0.717) is 27.8 Å². The fraction of sp³-hybridized carbons (Fsp3) is 0.172. The molecule has 0 spiro atoms. The zero-order valence-corrected chi connectivity index (χ0v) is 21.8. The predicted octanol–water partition coefficient (Wildman–Crippen LogP) is 5.27. The van der Waals surface area contributed by atoms with Crippen molar-refractivity contribution in [3.8, 4) is 11.3 Å². The van der Waals surface area contributed by atoms with Crippen molar-refractivity contribution >= 4 is 34.9 Å². The van der Waals surface area contributed by atoms with Gasteiger partial charge in [-0.05, 0) is 60.7 Å². The van der Waals surface area contributed by atoms with E-state index in [1.807, 2.05) is 41.3 Å². The van der Waals surface area contributed by atoms with Crippen LogP contribution in [0.4, 0.5) is 10.1 Å². The Bertz CT molecular complexity index is 1510. The largest absolute Gasteiger partial charge is 0.465 e. The summed E-state index contributed by atoms with van der Waals surface area (Å²) in [6.07, 6.45) is 1.77. The number of hydrogen-bond donors (Lipinski definition) is 2. The number of anilines is 1. The highest BCUT2D eigenvalue weighted by Crippen LogP contribution is 2.40. The number of nitrogens with one attached hydrogen (secondary N) is 2. The zero-order valence-electron chi connectivity index (χ0n) is 21.0.